The average molecular weight is 362 g/mol. The average Bonchev–Trinajstić information content (AvgIpc) is 2.59. The van der Waals surface area contributed by atoms with E-state index in [4.69, 9.17) is 21.2 Å². The number of anilines is 2. The molecule has 0 aliphatic heterocycles. The van der Waals surface area contributed by atoms with Crippen molar-refractivity contribution in [3.05, 3.63) is 53.1 Å². The van der Waals surface area contributed by atoms with Crippen LogP contribution in [0.15, 0.2) is 47.6 Å². The Bertz CT molecular complexity index is 746. The largest absolute Gasteiger partial charge is 0.495 e. The molecule has 0 aromatic heterocycles. The Morgan fingerprint density at radius 3 is 2.56 bits per heavy atom. The molecule has 0 fully saturated rings. The van der Waals surface area contributed by atoms with Gasteiger partial charge >= 0.3 is 0 Å². The van der Waals surface area contributed by atoms with Gasteiger partial charge in [-0.2, -0.15) is 0 Å². The number of amides is 1. The second-order valence-electron chi connectivity index (χ2n) is 5.39. The highest BCUT2D eigenvalue weighted by Gasteiger charge is 2.06. The van der Waals surface area contributed by atoms with Crippen LogP contribution in [0.2, 0.25) is 5.02 Å². The number of ether oxygens (including phenoxy) is 1. The zero-order valence-corrected chi connectivity index (χ0v) is 15.1. The smallest absolute Gasteiger partial charge is 0.265 e. The highest BCUT2D eigenvalue weighted by atomic mass is 35.5. The second kappa shape index (κ2) is 8.94. The molecule has 0 aliphatic carbocycles. The number of methoxy groups -OCH3 is 1. The van der Waals surface area contributed by atoms with Gasteiger partial charge in [-0.25, -0.2) is 0 Å². The lowest BCUT2D eigenvalue weighted by Crippen LogP contribution is -2.17. The number of carbonyl (C=O) groups is 1. The lowest BCUT2D eigenvalue weighted by atomic mass is 10.2. The minimum atomic E-state index is -0.332. The molecule has 0 bridgehead atoms. The number of carbonyl (C=O) groups excluding carboxylic acids is 1. The molecule has 0 heterocycles. The molecule has 7 heteroatoms. The van der Waals surface area contributed by atoms with Crippen LogP contribution in [-0.2, 0) is 9.63 Å². The third-order valence-corrected chi connectivity index (χ3v) is 3.61. The van der Waals surface area contributed by atoms with Gasteiger partial charge in [-0.1, -0.05) is 28.9 Å². The molecule has 0 atom stereocenters. The van der Waals surface area contributed by atoms with Crippen molar-refractivity contribution < 1.29 is 14.4 Å². The van der Waals surface area contributed by atoms with Crippen LogP contribution < -0.4 is 15.0 Å². The molecule has 0 spiro atoms. The van der Waals surface area contributed by atoms with Crippen LogP contribution in [0.1, 0.15) is 5.56 Å². The van der Waals surface area contributed by atoms with E-state index < -0.39 is 0 Å². The first-order valence-corrected chi connectivity index (χ1v) is 7.93. The van der Waals surface area contributed by atoms with Gasteiger partial charge in [-0.3, -0.25) is 4.79 Å². The summed E-state index contributed by atoms with van der Waals surface area (Å²) < 4.78 is 5.06. The highest BCUT2D eigenvalue weighted by Crippen LogP contribution is 2.27. The number of oxime groups is 1. The normalized spacial score (nSPS) is 10.6. The second-order valence-corrected chi connectivity index (χ2v) is 5.80. The first-order valence-electron chi connectivity index (χ1n) is 7.55. The van der Waals surface area contributed by atoms with Crippen molar-refractivity contribution in [1.29, 1.82) is 0 Å². The van der Waals surface area contributed by atoms with Crippen LogP contribution in [0.4, 0.5) is 11.4 Å². The maximum absolute atomic E-state index is 11.8. The van der Waals surface area contributed by atoms with E-state index in [1.165, 1.54) is 7.11 Å². The van der Waals surface area contributed by atoms with Crippen molar-refractivity contribution in [3.63, 3.8) is 0 Å². The van der Waals surface area contributed by atoms with Crippen LogP contribution in [0, 0.1) is 0 Å². The molecular weight excluding hydrogens is 342 g/mol. The number of benzene rings is 2. The van der Waals surface area contributed by atoms with E-state index in [1.807, 2.05) is 43.3 Å². The van der Waals surface area contributed by atoms with Crippen molar-refractivity contribution in [2.75, 3.05) is 38.0 Å². The summed E-state index contributed by atoms with van der Waals surface area (Å²) in [4.78, 5) is 18.8. The lowest BCUT2D eigenvalue weighted by Gasteiger charge is -2.11. The van der Waals surface area contributed by atoms with E-state index in [2.05, 4.69) is 10.5 Å². The fourth-order valence-corrected chi connectivity index (χ4v) is 2.25. The molecule has 0 saturated heterocycles. The topological polar surface area (TPSA) is 63.2 Å². The van der Waals surface area contributed by atoms with E-state index >= 15 is 0 Å². The van der Waals surface area contributed by atoms with E-state index in [0.717, 1.165) is 11.3 Å². The number of rotatable bonds is 7. The maximum atomic E-state index is 11.8. The predicted molar refractivity (Wildman–Crippen MR) is 101 cm³/mol. The van der Waals surface area contributed by atoms with Gasteiger partial charge < -0.3 is 19.8 Å². The lowest BCUT2D eigenvalue weighted by molar-refractivity contribution is -0.120. The Hall–Kier alpha value is -2.73. The van der Waals surface area contributed by atoms with Crippen LogP contribution >= 0.6 is 11.6 Å². The van der Waals surface area contributed by atoms with Gasteiger partial charge in [-0.15, -0.1) is 0 Å². The van der Waals surface area contributed by atoms with Crippen LogP contribution in [0.5, 0.6) is 5.75 Å². The van der Waals surface area contributed by atoms with Crippen molar-refractivity contribution in [1.82, 2.24) is 0 Å². The van der Waals surface area contributed by atoms with Crippen molar-refractivity contribution in [2.45, 2.75) is 0 Å². The van der Waals surface area contributed by atoms with Gasteiger partial charge in [0.25, 0.3) is 5.91 Å². The third kappa shape index (κ3) is 5.69. The van der Waals surface area contributed by atoms with Crippen LogP contribution in [-0.4, -0.2) is 39.9 Å². The number of nitrogens with one attached hydrogen (secondary N) is 1. The SMILES string of the molecule is COc1ccc(NC(=O)CO/N=C\c2ccc(N(C)C)cc2)cc1Cl. The summed E-state index contributed by atoms with van der Waals surface area (Å²) in [5.41, 5.74) is 2.53. The van der Waals surface area contributed by atoms with Gasteiger partial charge in [0.05, 0.1) is 18.3 Å². The Kier molecular flexibility index (Phi) is 6.65. The Balaban J connectivity index is 1.80. The molecule has 2 aromatic carbocycles. The molecule has 25 heavy (non-hydrogen) atoms. The fourth-order valence-electron chi connectivity index (χ4n) is 1.99. The van der Waals surface area contributed by atoms with Crippen LogP contribution in [0.3, 0.4) is 0 Å². The van der Waals surface area contributed by atoms with E-state index in [0.29, 0.717) is 16.5 Å². The Morgan fingerprint density at radius 1 is 1.24 bits per heavy atom. The molecule has 2 rings (SSSR count). The summed E-state index contributed by atoms with van der Waals surface area (Å²) in [5, 5.41) is 6.88. The Labute approximate surface area is 152 Å². The summed E-state index contributed by atoms with van der Waals surface area (Å²) in [7, 11) is 5.47. The van der Waals surface area contributed by atoms with Gasteiger partial charge in [0.2, 0.25) is 0 Å². The summed E-state index contributed by atoms with van der Waals surface area (Å²) in [6.07, 6.45) is 1.55. The molecular formula is C18H20ClN3O3. The highest BCUT2D eigenvalue weighted by molar-refractivity contribution is 6.32. The number of halogens is 1. The number of nitrogens with zero attached hydrogens (tertiary/aromatic N) is 2. The first-order chi connectivity index (χ1) is 12.0. The zero-order valence-electron chi connectivity index (χ0n) is 14.3. The van der Waals surface area contributed by atoms with Crippen molar-refractivity contribution in [2.24, 2.45) is 5.16 Å². The Morgan fingerprint density at radius 2 is 1.96 bits per heavy atom. The van der Waals surface area contributed by atoms with Crippen molar-refractivity contribution in [3.8, 4) is 5.75 Å². The van der Waals surface area contributed by atoms with Gasteiger partial charge in [0.15, 0.2) is 6.61 Å². The molecule has 2 aromatic rings. The molecule has 0 radical (unpaired) electrons. The summed E-state index contributed by atoms with van der Waals surface area (Å²) >= 11 is 6.00. The summed E-state index contributed by atoms with van der Waals surface area (Å²) in [6, 6.07) is 12.8. The van der Waals surface area contributed by atoms with E-state index in [1.54, 1.807) is 24.4 Å². The third-order valence-electron chi connectivity index (χ3n) is 3.32. The van der Waals surface area contributed by atoms with E-state index in [9.17, 15) is 4.79 Å². The van der Waals surface area contributed by atoms with Crippen LogP contribution in [0.25, 0.3) is 0 Å². The molecule has 0 saturated carbocycles. The van der Waals surface area contributed by atoms with Crippen molar-refractivity contribution >= 4 is 35.1 Å². The molecule has 6 nitrogen and oxygen atoms in total. The van der Waals surface area contributed by atoms with Gasteiger partial charge in [-0.05, 0) is 35.9 Å². The summed E-state index contributed by atoms with van der Waals surface area (Å²) in [5.74, 6) is 0.210. The van der Waals surface area contributed by atoms with E-state index in [-0.39, 0.29) is 12.5 Å². The minimum absolute atomic E-state index is 0.198. The fraction of sp³-hybridized carbons (Fsp3) is 0.222. The molecule has 132 valence electrons. The molecule has 0 unspecified atom stereocenters. The monoisotopic (exact) mass is 361 g/mol. The molecule has 1 N–H and O–H groups in total. The number of hydrogen-bond acceptors (Lipinski definition) is 5. The minimum Gasteiger partial charge on any atom is -0.495 e. The number of hydrogen-bond donors (Lipinski definition) is 1. The zero-order chi connectivity index (χ0) is 18.2. The quantitative estimate of drug-likeness (QED) is 0.606. The van der Waals surface area contributed by atoms with Gasteiger partial charge in [0, 0.05) is 25.5 Å². The molecule has 1 amide bonds. The maximum Gasteiger partial charge on any atom is 0.265 e. The first kappa shape index (κ1) is 18.6. The standard InChI is InChI=1S/C18H20ClN3O3/c1-22(2)15-7-4-13(5-8-15)11-20-25-12-18(23)21-14-6-9-17(24-3)16(19)10-14/h4-11H,12H2,1-3H3,(H,21,23)/b20-11-. The molecule has 0 aliphatic rings. The summed E-state index contributed by atoms with van der Waals surface area (Å²) in [6.45, 7) is -0.198. The predicted octanol–water partition coefficient (Wildman–Crippen LogP) is 3.40. The van der Waals surface area contributed by atoms with Gasteiger partial charge in [0.1, 0.15) is 5.75 Å².